The number of Topliss-reactive ketones (excluding diaryl/α,β-unsaturated/α-hetero) is 1. The molecule has 0 unspecified atom stereocenters. The number of hydrogen-bond acceptors (Lipinski definition) is 7. The smallest absolute Gasteiger partial charge is 0.338 e. The standard InChI is InChI=1S/C19H22O7/c1-10-5-6-15(22)11(2)8-17(25-13(4)21)18-14(9-24-12(3)20)19(23)26-16(18)7-10/h7,16-17H,2,5-6,8-9H2,1,3-4H3/b10-7+/t16-,17+/m1/s1. The molecular weight excluding hydrogens is 340 g/mol. The minimum atomic E-state index is -0.895. The Kier molecular flexibility index (Phi) is 6.13. The molecule has 0 amide bonds. The molecular formula is C19H22O7. The van der Waals surface area contributed by atoms with Crippen molar-refractivity contribution < 1.29 is 33.4 Å². The molecule has 0 radical (unpaired) electrons. The number of hydrogen-bond donors (Lipinski definition) is 0. The van der Waals surface area contributed by atoms with E-state index >= 15 is 0 Å². The molecule has 0 aromatic rings. The van der Waals surface area contributed by atoms with Crippen molar-refractivity contribution in [2.45, 2.75) is 52.2 Å². The molecule has 0 bridgehead atoms. The fourth-order valence-corrected chi connectivity index (χ4v) is 2.94. The van der Waals surface area contributed by atoms with Gasteiger partial charge in [0, 0.05) is 32.3 Å². The van der Waals surface area contributed by atoms with Crippen LogP contribution in [0.25, 0.3) is 0 Å². The Morgan fingerprint density at radius 1 is 1.23 bits per heavy atom. The monoisotopic (exact) mass is 362 g/mol. The number of carbonyl (C=O) groups excluding carboxylic acids is 4. The Morgan fingerprint density at radius 3 is 2.54 bits per heavy atom. The zero-order valence-electron chi connectivity index (χ0n) is 15.1. The van der Waals surface area contributed by atoms with E-state index in [1.165, 1.54) is 13.8 Å². The van der Waals surface area contributed by atoms with Crippen molar-refractivity contribution in [3.8, 4) is 0 Å². The van der Waals surface area contributed by atoms with E-state index in [2.05, 4.69) is 6.58 Å². The average molecular weight is 362 g/mol. The molecule has 0 aromatic carbocycles. The molecule has 140 valence electrons. The predicted octanol–water partition coefficient (Wildman–Crippen LogP) is 1.96. The van der Waals surface area contributed by atoms with Gasteiger partial charge in [-0.15, -0.1) is 0 Å². The van der Waals surface area contributed by atoms with Gasteiger partial charge in [-0.05, 0) is 25.0 Å². The van der Waals surface area contributed by atoms with Crippen LogP contribution >= 0.6 is 0 Å². The lowest BCUT2D eigenvalue weighted by Crippen LogP contribution is -2.28. The number of rotatable bonds is 3. The fraction of sp³-hybridized carbons (Fsp3) is 0.474. The van der Waals surface area contributed by atoms with Crippen LogP contribution < -0.4 is 0 Å². The van der Waals surface area contributed by atoms with E-state index in [0.29, 0.717) is 17.6 Å². The molecule has 1 aliphatic carbocycles. The van der Waals surface area contributed by atoms with E-state index in [1.807, 2.05) is 6.92 Å². The zero-order chi connectivity index (χ0) is 19.4. The summed E-state index contributed by atoms with van der Waals surface area (Å²) >= 11 is 0. The van der Waals surface area contributed by atoms with E-state index in [1.54, 1.807) is 6.08 Å². The summed E-state index contributed by atoms with van der Waals surface area (Å²) in [5, 5.41) is 0. The maximum Gasteiger partial charge on any atom is 0.338 e. The second-order valence-electron chi connectivity index (χ2n) is 6.38. The summed E-state index contributed by atoms with van der Waals surface area (Å²) in [6.07, 6.45) is 0.944. The van der Waals surface area contributed by atoms with E-state index in [-0.39, 0.29) is 30.8 Å². The molecule has 26 heavy (non-hydrogen) atoms. The van der Waals surface area contributed by atoms with Gasteiger partial charge in [0.15, 0.2) is 5.78 Å². The molecule has 0 aromatic heterocycles. The first-order chi connectivity index (χ1) is 12.2. The summed E-state index contributed by atoms with van der Waals surface area (Å²) in [6.45, 7) is 7.80. The largest absolute Gasteiger partial charge is 0.461 e. The highest BCUT2D eigenvalue weighted by molar-refractivity contribution is 5.96. The Morgan fingerprint density at radius 2 is 1.92 bits per heavy atom. The number of fused-ring (bicyclic) bond motifs is 1. The SMILES string of the molecule is C=C1C[C@H](OC(C)=O)C2=C(COC(C)=O)C(=O)O[C@@H]2/C=C(\C)CCC1=O. The minimum Gasteiger partial charge on any atom is -0.461 e. The molecule has 2 rings (SSSR count). The molecule has 0 N–H and O–H groups in total. The van der Waals surface area contributed by atoms with Crippen molar-refractivity contribution in [1.82, 2.24) is 0 Å². The summed E-state index contributed by atoms with van der Waals surface area (Å²) in [4.78, 5) is 47.2. The van der Waals surface area contributed by atoms with Crippen molar-refractivity contribution in [2.24, 2.45) is 0 Å². The van der Waals surface area contributed by atoms with Crippen LogP contribution in [0.1, 0.15) is 40.0 Å². The van der Waals surface area contributed by atoms with E-state index < -0.39 is 30.1 Å². The Balaban J connectivity index is 2.53. The third-order valence-electron chi connectivity index (χ3n) is 4.22. The van der Waals surface area contributed by atoms with Crippen molar-refractivity contribution in [2.75, 3.05) is 6.61 Å². The van der Waals surface area contributed by atoms with E-state index in [0.717, 1.165) is 5.57 Å². The Bertz CT molecular complexity index is 726. The molecule has 2 aliphatic rings. The van der Waals surface area contributed by atoms with Gasteiger partial charge in [0.05, 0.1) is 5.57 Å². The first-order valence-corrected chi connectivity index (χ1v) is 8.31. The average Bonchev–Trinajstić information content (AvgIpc) is 2.83. The van der Waals surface area contributed by atoms with Crippen molar-refractivity contribution in [1.29, 1.82) is 0 Å². The van der Waals surface area contributed by atoms with Crippen LogP contribution in [0.2, 0.25) is 0 Å². The van der Waals surface area contributed by atoms with Gasteiger partial charge in [-0.2, -0.15) is 0 Å². The number of carbonyl (C=O) groups is 4. The van der Waals surface area contributed by atoms with Gasteiger partial charge in [0.25, 0.3) is 0 Å². The lowest BCUT2D eigenvalue weighted by atomic mass is 9.89. The number of esters is 3. The van der Waals surface area contributed by atoms with Crippen LogP contribution in [0.4, 0.5) is 0 Å². The maximum absolute atomic E-state index is 12.3. The third-order valence-corrected chi connectivity index (χ3v) is 4.22. The summed E-state index contributed by atoms with van der Waals surface area (Å²) in [5.41, 5.74) is 1.69. The molecule has 0 fully saturated rings. The summed E-state index contributed by atoms with van der Waals surface area (Å²) in [5.74, 6) is -1.88. The lowest BCUT2D eigenvalue weighted by molar-refractivity contribution is -0.145. The van der Waals surface area contributed by atoms with Crippen molar-refractivity contribution in [3.05, 3.63) is 34.9 Å². The number of ether oxygens (including phenoxy) is 3. The molecule has 7 heteroatoms. The van der Waals surface area contributed by atoms with Crippen LogP contribution in [0.5, 0.6) is 0 Å². The third kappa shape index (κ3) is 4.68. The van der Waals surface area contributed by atoms with Crippen molar-refractivity contribution >= 4 is 23.7 Å². The predicted molar refractivity (Wildman–Crippen MR) is 90.8 cm³/mol. The molecule has 1 aliphatic heterocycles. The van der Waals surface area contributed by atoms with Crippen molar-refractivity contribution in [3.63, 3.8) is 0 Å². The summed E-state index contributed by atoms with van der Waals surface area (Å²) in [7, 11) is 0. The van der Waals surface area contributed by atoms with Gasteiger partial charge in [0.2, 0.25) is 0 Å². The van der Waals surface area contributed by atoms with Gasteiger partial charge in [0.1, 0.15) is 18.8 Å². The van der Waals surface area contributed by atoms with Crippen LogP contribution in [0.3, 0.4) is 0 Å². The lowest BCUT2D eigenvalue weighted by Gasteiger charge is -2.24. The molecule has 0 saturated carbocycles. The highest BCUT2D eigenvalue weighted by Gasteiger charge is 2.40. The second kappa shape index (κ2) is 8.12. The number of ketones is 1. The first kappa shape index (κ1) is 19.6. The normalized spacial score (nSPS) is 25.8. The molecule has 2 atom stereocenters. The van der Waals surface area contributed by atoms with Gasteiger partial charge in [-0.1, -0.05) is 12.2 Å². The van der Waals surface area contributed by atoms with Crippen LogP contribution in [0.15, 0.2) is 34.9 Å². The Hall–Kier alpha value is -2.70. The maximum atomic E-state index is 12.3. The zero-order valence-corrected chi connectivity index (χ0v) is 15.1. The summed E-state index contributed by atoms with van der Waals surface area (Å²) < 4.78 is 15.7. The van der Waals surface area contributed by atoms with Gasteiger partial charge in [-0.25, -0.2) is 4.79 Å². The topological polar surface area (TPSA) is 96.0 Å². The molecule has 1 heterocycles. The molecule has 0 saturated heterocycles. The van der Waals surface area contributed by atoms with Crippen LogP contribution in [-0.4, -0.2) is 42.5 Å². The van der Waals surface area contributed by atoms with Crippen LogP contribution in [0, 0.1) is 0 Å². The summed E-state index contributed by atoms with van der Waals surface area (Å²) in [6, 6.07) is 0. The van der Waals surface area contributed by atoms with Gasteiger partial charge < -0.3 is 14.2 Å². The van der Waals surface area contributed by atoms with E-state index in [4.69, 9.17) is 14.2 Å². The Labute approximate surface area is 151 Å². The van der Waals surface area contributed by atoms with E-state index in [9.17, 15) is 19.2 Å². The fourth-order valence-electron chi connectivity index (χ4n) is 2.94. The minimum absolute atomic E-state index is 0.0529. The molecule has 0 spiro atoms. The van der Waals surface area contributed by atoms with Gasteiger partial charge in [-0.3, -0.25) is 14.4 Å². The highest BCUT2D eigenvalue weighted by Crippen LogP contribution is 2.33. The first-order valence-electron chi connectivity index (χ1n) is 8.31. The number of allylic oxidation sites excluding steroid dienone is 1. The second-order valence-corrected chi connectivity index (χ2v) is 6.38. The molecule has 7 nitrogen and oxygen atoms in total. The van der Waals surface area contributed by atoms with Gasteiger partial charge >= 0.3 is 17.9 Å². The highest BCUT2D eigenvalue weighted by atomic mass is 16.6. The quantitative estimate of drug-likeness (QED) is 0.328. The van der Waals surface area contributed by atoms with Crippen LogP contribution in [-0.2, 0) is 33.4 Å².